The molecule has 1 aromatic heterocycles. The summed E-state index contributed by atoms with van der Waals surface area (Å²) >= 11 is 1.40. The molecule has 0 saturated heterocycles. The first-order valence-electron chi connectivity index (χ1n) is 11.9. The molecule has 34 heavy (non-hydrogen) atoms. The van der Waals surface area contributed by atoms with Gasteiger partial charge >= 0.3 is 5.97 Å². The van der Waals surface area contributed by atoms with E-state index in [1.165, 1.54) is 17.4 Å². The van der Waals surface area contributed by atoms with Crippen LogP contribution >= 0.6 is 11.3 Å². The number of hydrogen-bond acceptors (Lipinski definition) is 7. The van der Waals surface area contributed by atoms with E-state index in [9.17, 15) is 19.8 Å². The number of aliphatic hydroxyl groups is 2. The van der Waals surface area contributed by atoms with Crippen molar-refractivity contribution in [2.75, 3.05) is 0 Å². The van der Waals surface area contributed by atoms with Gasteiger partial charge in [-0.3, -0.25) is 9.59 Å². The molecule has 8 heteroatoms. The van der Waals surface area contributed by atoms with Gasteiger partial charge < -0.3 is 14.9 Å². The zero-order chi connectivity index (χ0) is 25.6. The summed E-state index contributed by atoms with van der Waals surface area (Å²) in [4.78, 5) is 30.0. The van der Waals surface area contributed by atoms with E-state index in [0.29, 0.717) is 5.69 Å². The van der Waals surface area contributed by atoms with Gasteiger partial charge in [0.25, 0.3) is 0 Å². The molecule has 0 spiro atoms. The third kappa shape index (κ3) is 7.55. The molecule has 0 amide bonds. The number of esters is 1. The van der Waals surface area contributed by atoms with Gasteiger partial charge in [-0.2, -0.15) is 0 Å². The average molecular weight is 496 g/mol. The van der Waals surface area contributed by atoms with E-state index in [2.05, 4.69) is 4.98 Å². The van der Waals surface area contributed by atoms with Crippen LogP contribution < -0.4 is 0 Å². The van der Waals surface area contributed by atoms with E-state index in [1.807, 2.05) is 26.8 Å². The van der Waals surface area contributed by atoms with Crippen molar-refractivity contribution in [3.8, 4) is 0 Å². The molecule has 0 aromatic carbocycles. The maximum Gasteiger partial charge on any atom is 0.309 e. The highest BCUT2D eigenvalue weighted by atomic mass is 32.1. The minimum absolute atomic E-state index is 0.104. The first-order chi connectivity index (χ1) is 15.8. The Morgan fingerprint density at radius 2 is 1.94 bits per heavy atom. The highest BCUT2D eigenvalue weighted by Crippen LogP contribution is 2.32. The smallest absolute Gasteiger partial charge is 0.309 e. The topological polar surface area (TPSA) is 96.7 Å². The molecule has 2 rings (SSSR count). The molecule has 1 aliphatic heterocycles. The van der Waals surface area contributed by atoms with Crippen molar-refractivity contribution in [2.24, 2.45) is 17.3 Å². The summed E-state index contributed by atoms with van der Waals surface area (Å²) in [6.07, 6.45) is 1.75. The van der Waals surface area contributed by atoms with Gasteiger partial charge in [0, 0.05) is 23.8 Å². The summed E-state index contributed by atoms with van der Waals surface area (Å²) in [5, 5.41) is 24.0. The zero-order valence-electron chi connectivity index (χ0n) is 21.0. The fourth-order valence-electron chi connectivity index (χ4n) is 4.20. The van der Waals surface area contributed by atoms with Crippen LogP contribution in [0.3, 0.4) is 0 Å². The van der Waals surface area contributed by atoms with Crippen molar-refractivity contribution in [3.05, 3.63) is 33.6 Å². The third-order valence-electron chi connectivity index (χ3n) is 6.75. The number of cyclic esters (lactones) is 1. The molecule has 0 radical (unpaired) electrons. The number of halogens is 1. The number of carbonyl (C=O) groups is 2. The number of hydrogen-bond donors (Lipinski definition) is 2. The molecule has 5 atom stereocenters. The van der Waals surface area contributed by atoms with Crippen molar-refractivity contribution in [1.82, 2.24) is 4.98 Å². The summed E-state index contributed by atoms with van der Waals surface area (Å²) < 4.78 is 20.5. The number of Topliss-reactive ketones (excluding diaryl/α,β-unsaturated/α-hetero) is 1. The van der Waals surface area contributed by atoms with Crippen LogP contribution in [0.5, 0.6) is 0 Å². The maximum absolute atomic E-state index is 15.1. The molecule has 2 heterocycles. The second kappa shape index (κ2) is 12.2. The van der Waals surface area contributed by atoms with Gasteiger partial charge in [-0.05, 0) is 39.0 Å². The lowest BCUT2D eigenvalue weighted by Gasteiger charge is -2.34. The van der Waals surface area contributed by atoms with Crippen molar-refractivity contribution >= 4 is 29.2 Å². The van der Waals surface area contributed by atoms with E-state index in [1.54, 1.807) is 26.2 Å². The van der Waals surface area contributed by atoms with E-state index in [4.69, 9.17) is 4.74 Å². The highest BCUT2D eigenvalue weighted by Gasteiger charge is 2.42. The number of aliphatic hydroxyl groups excluding tert-OH is 2. The number of ether oxygens (including phenoxy) is 1. The number of aromatic nitrogens is 1. The van der Waals surface area contributed by atoms with Crippen LogP contribution in [0.2, 0.25) is 0 Å². The van der Waals surface area contributed by atoms with Crippen molar-refractivity contribution in [3.63, 3.8) is 0 Å². The van der Waals surface area contributed by atoms with E-state index in [0.717, 1.165) is 29.8 Å². The Morgan fingerprint density at radius 3 is 2.56 bits per heavy atom. The molecule has 0 aliphatic carbocycles. The van der Waals surface area contributed by atoms with E-state index in [-0.39, 0.29) is 18.1 Å². The summed E-state index contributed by atoms with van der Waals surface area (Å²) in [7, 11) is 0. The van der Waals surface area contributed by atoms with Gasteiger partial charge in [-0.25, -0.2) is 9.37 Å². The number of aryl methyl sites for hydroxylation is 1. The first-order valence-corrected chi connectivity index (χ1v) is 12.8. The number of nitrogens with zero attached hydrogens (tertiary/aromatic N) is 1. The molecule has 2 N–H and O–H groups in total. The van der Waals surface area contributed by atoms with Gasteiger partial charge in [0.2, 0.25) is 0 Å². The van der Waals surface area contributed by atoms with Crippen molar-refractivity contribution in [2.45, 2.75) is 92.0 Å². The molecular formula is C26H38FNO5S. The molecule has 0 fully saturated rings. The number of thiazole rings is 1. The molecule has 0 unspecified atom stereocenters. The molecular weight excluding hydrogens is 457 g/mol. The van der Waals surface area contributed by atoms with Crippen LogP contribution in [-0.2, 0) is 14.3 Å². The predicted octanol–water partition coefficient (Wildman–Crippen LogP) is 5.17. The minimum Gasteiger partial charge on any atom is -0.455 e. The van der Waals surface area contributed by atoms with Crippen LogP contribution in [0.15, 0.2) is 22.9 Å². The second-order valence-electron chi connectivity index (χ2n) is 10.0. The van der Waals surface area contributed by atoms with Gasteiger partial charge in [-0.15, -0.1) is 11.3 Å². The molecule has 0 saturated carbocycles. The van der Waals surface area contributed by atoms with Gasteiger partial charge in [-0.1, -0.05) is 39.3 Å². The van der Waals surface area contributed by atoms with Gasteiger partial charge in [0.15, 0.2) is 6.10 Å². The van der Waals surface area contributed by atoms with Gasteiger partial charge in [0.05, 0.1) is 34.7 Å². The number of ketones is 1. The lowest BCUT2D eigenvalue weighted by Crippen LogP contribution is -2.45. The van der Waals surface area contributed by atoms with Crippen LogP contribution in [0.25, 0.3) is 6.08 Å². The molecule has 1 aromatic rings. The quantitative estimate of drug-likeness (QED) is 0.434. The summed E-state index contributed by atoms with van der Waals surface area (Å²) in [5.74, 6) is -2.55. The molecule has 6 nitrogen and oxygen atoms in total. The largest absolute Gasteiger partial charge is 0.455 e. The Hall–Kier alpha value is -1.90. The Bertz CT molecular complexity index is 922. The number of rotatable bonds is 2. The summed E-state index contributed by atoms with van der Waals surface area (Å²) in [5.41, 5.74) is 0.198. The molecule has 190 valence electrons. The predicted molar refractivity (Wildman–Crippen MR) is 132 cm³/mol. The van der Waals surface area contributed by atoms with Crippen LogP contribution in [0.4, 0.5) is 4.39 Å². The average Bonchev–Trinajstić information content (AvgIpc) is 3.18. The number of allylic oxidation sites excluding steroid dienone is 1. The highest BCUT2D eigenvalue weighted by molar-refractivity contribution is 7.09. The Kier molecular flexibility index (Phi) is 10.2. The second-order valence-corrected chi connectivity index (χ2v) is 11.1. The number of carbonyl (C=O) groups excluding carboxylic acids is 2. The summed E-state index contributed by atoms with van der Waals surface area (Å²) in [6, 6.07) is 0. The Balaban J connectivity index is 2.33. The van der Waals surface area contributed by atoms with Gasteiger partial charge in [0.1, 0.15) is 11.6 Å². The fraction of sp³-hybridized carbons (Fsp3) is 0.654. The standard InChI is InChI=1S/C26H38FNO5S/c1-15-8-7-9-16(2)24(31)17(3)25(32)26(5,6)22(29)13-23(30)33-21(11-10-15)20(27)12-19-14-34-18(4)28-19/h10,12,14,16-17,21-22,24,29,31H,7-9,11,13H2,1-6H3/b15-10-,20-12?/t16-,17+,21-,22-,24-/m0/s1. The molecule has 0 bridgehead atoms. The van der Waals surface area contributed by atoms with Crippen molar-refractivity contribution < 1.29 is 28.9 Å². The van der Waals surface area contributed by atoms with Crippen LogP contribution in [0.1, 0.15) is 77.4 Å². The van der Waals surface area contributed by atoms with Crippen LogP contribution in [0, 0.1) is 24.2 Å². The van der Waals surface area contributed by atoms with Crippen LogP contribution in [-0.4, -0.2) is 45.3 Å². The summed E-state index contributed by atoms with van der Waals surface area (Å²) in [6.45, 7) is 10.4. The Morgan fingerprint density at radius 1 is 1.26 bits per heavy atom. The molecule has 1 aliphatic rings. The lowest BCUT2D eigenvalue weighted by atomic mass is 9.73. The Labute approximate surface area is 205 Å². The minimum atomic E-state index is -1.34. The normalized spacial score (nSPS) is 32.1. The van der Waals surface area contributed by atoms with E-state index < -0.39 is 47.9 Å². The zero-order valence-corrected chi connectivity index (χ0v) is 21.8. The monoisotopic (exact) mass is 495 g/mol. The SMILES string of the molecule is C/C1=C/C[C@@H](C(F)=Cc2csc(C)n2)OC(=O)C[C@H](O)C(C)(C)C(=O)[C@H](C)[C@@H](O)[C@@H](C)CCC1. The maximum atomic E-state index is 15.1. The third-order valence-corrected chi connectivity index (χ3v) is 7.54. The first kappa shape index (κ1) is 28.3. The fourth-order valence-corrected chi connectivity index (χ4v) is 4.77. The van der Waals surface area contributed by atoms with E-state index >= 15 is 4.39 Å². The lowest BCUT2D eigenvalue weighted by molar-refractivity contribution is -0.154. The van der Waals surface area contributed by atoms with Crippen molar-refractivity contribution in [1.29, 1.82) is 0 Å².